The van der Waals surface area contributed by atoms with Crippen LogP contribution in [0, 0.1) is 0 Å². The van der Waals surface area contributed by atoms with Gasteiger partial charge in [0.2, 0.25) is 0 Å². The van der Waals surface area contributed by atoms with Gasteiger partial charge in [0, 0.05) is 11.8 Å². The number of nitrogens with zero attached hydrogens (tertiary/aromatic N) is 2. The molecule has 1 heterocycles. The van der Waals surface area contributed by atoms with Gasteiger partial charge in [-0.1, -0.05) is 25.1 Å². The van der Waals surface area contributed by atoms with Crippen LogP contribution in [0.15, 0.2) is 42.7 Å². The van der Waals surface area contributed by atoms with Crippen molar-refractivity contribution in [1.82, 2.24) is 10.2 Å². The van der Waals surface area contributed by atoms with Crippen LogP contribution in [0.3, 0.4) is 0 Å². The minimum Gasteiger partial charge on any atom is -0.493 e. The number of nitrogens with two attached hydrogens (primary N) is 1. The zero-order chi connectivity index (χ0) is 12.8. The molecule has 1 unspecified atom stereocenters. The van der Waals surface area contributed by atoms with Crippen molar-refractivity contribution in [3.63, 3.8) is 0 Å². The Labute approximate surface area is 107 Å². The molecule has 0 aliphatic carbocycles. The monoisotopic (exact) mass is 243 g/mol. The molecule has 0 aliphatic rings. The van der Waals surface area contributed by atoms with E-state index in [0.717, 1.165) is 23.3 Å². The van der Waals surface area contributed by atoms with Crippen LogP contribution in [0.2, 0.25) is 0 Å². The molecule has 0 fully saturated rings. The molecule has 4 heteroatoms. The van der Waals surface area contributed by atoms with E-state index >= 15 is 0 Å². The third-order valence-corrected chi connectivity index (χ3v) is 2.68. The second-order valence-electron chi connectivity index (χ2n) is 4.04. The number of ether oxygens (including phenoxy) is 1. The van der Waals surface area contributed by atoms with Gasteiger partial charge in [-0.3, -0.25) is 0 Å². The third kappa shape index (κ3) is 2.84. The van der Waals surface area contributed by atoms with E-state index in [2.05, 4.69) is 17.1 Å². The highest BCUT2D eigenvalue weighted by molar-refractivity contribution is 5.40. The lowest BCUT2D eigenvalue weighted by Gasteiger charge is -2.16. The van der Waals surface area contributed by atoms with Crippen LogP contribution in [0.5, 0.6) is 5.75 Å². The van der Waals surface area contributed by atoms with Crippen LogP contribution in [-0.4, -0.2) is 16.8 Å². The zero-order valence-electron chi connectivity index (χ0n) is 10.4. The van der Waals surface area contributed by atoms with Crippen LogP contribution in [0.25, 0.3) is 0 Å². The molecule has 0 spiro atoms. The van der Waals surface area contributed by atoms with E-state index in [9.17, 15) is 0 Å². The van der Waals surface area contributed by atoms with Gasteiger partial charge in [-0.05, 0) is 24.1 Å². The van der Waals surface area contributed by atoms with E-state index in [-0.39, 0.29) is 6.04 Å². The average Bonchev–Trinajstić information content (AvgIpc) is 2.45. The summed E-state index contributed by atoms with van der Waals surface area (Å²) in [6.07, 6.45) is 4.30. The van der Waals surface area contributed by atoms with Crippen molar-refractivity contribution in [3.8, 4) is 5.75 Å². The first kappa shape index (κ1) is 12.5. The molecule has 0 saturated carbocycles. The van der Waals surface area contributed by atoms with Gasteiger partial charge >= 0.3 is 0 Å². The molecular weight excluding hydrogens is 226 g/mol. The van der Waals surface area contributed by atoms with Crippen molar-refractivity contribution in [2.24, 2.45) is 5.73 Å². The quantitative estimate of drug-likeness (QED) is 0.875. The van der Waals surface area contributed by atoms with Gasteiger partial charge < -0.3 is 10.5 Å². The fourth-order valence-corrected chi connectivity index (χ4v) is 1.75. The van der Waals surface area contributed by atoms with E-state index < -0.39 is 0 Å². The molecule has 2 rings (SSSR count). The van der Waals surface area contributed by atoms with Crippen molar-refractivity contribution >= 4 is 0 Å². The topological polar surface area (TPSA) is 61.0 Å². The largest absolute Gasteiger partial charge is 0.493 e. The van der Waals surface area contributed by atoms with Crippen molar-refractivity contribution in [2.75, 3.05) is 6.61 Å². The lowest BCUT2D eigenvalue weighted by molar-refractivity contribution is 0.313. The molecule has 2 N–H and O–H groups in total. The smallest absolute Gasteiger partial charge is 0.124 e. The minimum atomic E-state index is -0.242. The van der Waals surface area contributed by atoms with Gasteiger partial charge in [0.25, 0.3) is 0 Å². The Balaban J connectivity index is 2.27. The average molecular weight is 243 g/mol. The van der Waals surface area contributed by atoms with E-state index in [4.69, 9.17) is 10.5 Å². The summed E-state index contributed by atoms with van der Waals surface area (Å²) >= 11 is 0. The molecule has 0 aliphatic heterocycles. The van der Waals surface area contributed by atoms with E-state index in [1.165, 1.54) is 0 Å². The van der Waals surface area contributed by atoms with Crippen LogP contribution in [-0.2, 0) is 0 Å². The normalized spacial score (nSPS) is 12.1. The van der Waals surface area contributed by atoms with Gasteiger partial charge in [0.05, 0.1) is 18.8 Å². The van der Waals surface area contributed by atoms with Crippen molar-refractivity contribution in [3.05, 3.63) is 53.9 Å². The Bertz CT molecular complexity index is 487. The number of hydrogen-bond donors (Lipinski definition) is 1. The van der Waals surface area contributed by atoms with Gasteiger partial charge in [0.15, 0.2) is 0 Å². The summed E-state index contributed by atoms with van der Waals surface area (Å²) in [6.45, 7) is 2.77. The second-order valence-corrected chi connectivity index (χ2v) is 4.04. The fraction of sp³-hybridized carbons (Fsp3) is 0.286. The Morgan fingerprint density at radius 3 is 2.78 bits per heavy atom. The molecular formula is C14H17N3O. The maximum absolute atomic E-state index is 6.24. The summed E-state index contributed by atoms with van der Waals surface area (Å²) in [4.78, 5) is 0. The molecule has 0 amide bonds. The van der Waals surface area contributed by atoms with E-state index in [1.807, 2.05) is 30.3 Å². The summed E-state index contributed by atoms with van der Waals surface area (Å²) in [5.74, 6) is 0.837. The summed E-state index contributed by atoms with van der Waals surface area (Å²) in [7, 11) is 0. The highest BCUT2D eigenvalue weighted by Gasteiger charge is 2.13. The van der Waals surface area contributed by atoms with Crippen LogP contribution in [0.4, 0.5) is 0 Å². The van der Waals surface area contributed by atoms with Crippen molar-refractivity contribution in [1.29, 1.82) is 0 Å². The molecule has 94 valence electrons. The van der Waals surface area contributed by atoms with E-state index in [1.54, 1.807) is 12.4 Å². The molecule has 1 aromatic carbocycles. The first-order chi connectivity index (χ1) is 8.83. The number of rotatable bonds is 5. The Hall–Kier alpha value is -1.94. The Morgan fingerprint density at radius 1 is 1.22 bits per heavy atom. The minimum absolute atomic E-state index is 0.242. The number of aromatic nitrogens is 2. The zero-order valence-corrected chi connectivity index (χ0v) is 10.4. The highest BCUT2D eigenvalue weighted by atomic mass is 16.5. The third-order valence-electron chi connectivity index (χ3n) is 2.68. The number of hydrogen-bond acceptors (Lipinski definition) is 4. The molecule has 18 heavy (non-hydrogen) atoms. The molecule has 0 bridgehead atoms. The summed E-state index contributed by atoms with van der Waals surface area (Å²) in [5, 5.41) is 7.61. The predicted octanol–water partition coefficient (Wildman–Crippen LogP) is 2.31. The lowest BCUT2D eigenvalue weighted by atomic mass is 10.0. The maximum atomic E-state index is 6.24. The molecule has 4 nitrogen and oxygen atoms in total. The Morgan fingerprint density at radius 2 is 2.06 bits per heavy atom. The SMILES string of the molecule is CCCOc1ccccc1C(N)c1ccnnc1. The summed E-state index contributed by atoms with van der Waals surface area (Å²) < 4.78 is 5.71. The fourth-order valence-electron chi connectivity index (χ4n) is 1.75. The molecule has 0 radical (unpaired) electrons. The van der Waals surface area contributed by atoms with Gasteiger partial charge in [0.1, 0.15) is 5.75 Å². The number of benzene rings is 1. The highest BCUT2D eigenvalue weighted by Crippen LogP contribution is 2.27. The lowest BCUT2D eigenvalue weighted by Crippen LogP contribution is -2.14. The van der Waals surface area contributed by atoms with E-state index in [0.29, 0.717) is 6.61 Å². The predicted molar refractivity (Wildman–Crippen MR) is 70.3 cm³/mol. The Kier molecular flexibility index (Phi) is 4.25. The van der Waals surface area contributed by atoms with Crippen LogP contribution >= 0.6 is 0 Å². The first-order valence-corrected chi connectivity index (χ1v) is 6.07. The van der Waals surface area contributed by atoms with Crippen LogP contribution in [0.1, 0.15) is 30.5 Å². The molecule has 2 aromatic rings. The van der Waals surface area contributed by atoms with Crippen molar-refractivity contribution in [2.45, 2.75) is 19.4 Å². The van der Waals surface area contributed by atoms with Crippen LogP contribution < -0.4 is 10.5 Å². The first-order valence-electron chi connectivity index (χ1n) is 6.07. The van der Waals surface area contributed by atoms with Gasteiger partial charge in [-0.25, -0.2) is 0 Å². The second kappa shape index (κ2) is 6.12. The maximum Gasteiger partial charge on any atom is 0.124 e. The number of para-hydroxylation sites is 1. The van der Waals surface area contributed by atoms with Gasteiger partial charge in [-0.15, -0.1) is 0 Å². The molecule has 1 aromatic heterocycles. The summed E-state index contributed by atoms with van der Waals surface area (Å²) in [5.41, 5.74) is 8.14. The standard InChI is InChI=1S/C14H17N3O/c1-2-9-18-13-6-4-3-5-12(13)14(15)11-7-8-16-17-10-11/h3-8,10,14H,2,9,15H2,1H3. The van der Waals surface area contributed by atoms with Crippen molar-refractivity contribution < 1.29 is 4.74 Å². The molecule has 1 atom stereocenters. The summed E-state index contributed by atoms with van der Waals surface area (Å²) in [6, 6.07) is 9.46. The van der Waals surface area contributed by atoms with Gasteiger partial charge in [-0.2, -0.15) is 10.2 Å². The molecule has 0 saturated heterocycles.